The third kappa shape index (κ3) is 11.6. The van der Waals surface area contributed by atoms with Crippen LogP contribution in [0.1, 0.15) is 39.0 Å². The summed E-state index contributed by atoms with van der Waals surface area (Å²) in [6.45, 7) is 2.16. The van der Waals surface area contributed by atoms with Crippen molar-refractivity contribution in [3.63, 3.8) is 0 Å². The van der Waals surface area contributed by atoms with Crippen molar-refractivity contribution in [1.29, 1.82) is 0 Å². The molecule has 0 rings (SSSR count). The molecule has 1 atom stereocenters. The van der Waals surface area contributed by atoms with Crippen LogP contribution >= 0.6 is 11.6 Å². The van der Waals surface area contributed by atoms with Gasteiger partial charge in [-0.3, -0.25) is 0 Å². The first-order chi connectivity index (χ1) is 4.81. The quantitative estimate of drug-likeness (QED) is 0.279. The van der Waals surface area contributed by atoms with E-state index in [0.29, 0.717) is 0 Å². The Labute approximate surface area is 117 Å². The number of hydrogen-bond acceptors (Lipinski definition) is 1. The normalized spacial score (nSPS) is 11.8. The SMILES string of the molecule is CCCCCCC(Cl)C=O.[KH]. The molecule has 62 valence electrons. The Hall–Kier alpha value is 1.60. The van der Waals surface area contributed by atoms with E-state index in [4.69, 9.17) is 11.6 Å². The van der Waals surface area contributed by atoms with Crippen molar-refractivity contribution in [3.8, 4) is 0 Å². The molecule has 0 radical (unpaired) electrons. The first kappa shape index (κ1) is 15.1. The molecule has 0 heterocycles. The number of aldehydes is 1. The van der Waals surface area contributed by atoms with Crippen LogP contribution in [0, 0.1) is 0 Å². The molecule has 0 aliphatic heterocycles. The van der Waals surface area contributed by atoms with E-state index in [1.165, 1.54) is 19.3 Å². The van der Waals surface area contributed by atoms with E-state index in [2.05, 4.69) is 6.92 Å². The van der Waals surface area contributed by atoms with Gasteiger partial charge in [0, 0.05) is 0 Å². The third-order valence-electron chi connectivity index (χ3n) is 1.48. The van der Waals surface area contributed by atoms with Crippen LogP contribution in [-0.2, 0) is 4.79 Å². The van der Waals surface area contributed by atoms with Gasteiger partial charge in [0.15, 0.2) is 0 Å². The predicted molar refractivity (Wildman–Crippen MR) is 51.6 cm³/mol. The van der Waals surface area contributed by atoms with Gasteiger partial charge in [-0.05, 0) is 6.42 Å². The molecule has 0 N–H and O–H groups in total. The molecule has 11 heavy (non-hydrogen) atoms. The minimum atomic E-state index is -0.253. The number of halogens is 1. The zero-order valence-corrected chi connectivity index (χ0v) is 7.23. The number of unbranched alkanes of at least 4 members (excludes halogenated alkanes) is 3. The predicted octanol–water partition coefficient (Wildman–Crippen LogP) is 2.11. The Morgan fingerprint density at radius 3 is 2.45 bits per heavy atom. The number of rotatable bonds is 6. The van der Waals surface area contributed by atoms with Gasteiger partial charge >= 0.3 is 51.4 Å². The summed E-state index contributed by atoms with van der Waals surface area (Å²) >= 11 is 5.58. The van der Waals surface area contributed by atoms with Crippen LogP contribution in [0.5, 0.6) is 0 Å². The molecule has 0 amide bonds. The summed E-state index contributed by atoms with van der Waals surface area (Å²) in [6, 6.07) is 0. The maximum atomic E-state index is 10.0. The molecule has 0 aliphatic rings. The summed E-state index contributed by atoms with van der Waals surface area (Å²) in [5.74, 6) is 0. The summed E-state index contributed by atoms with van der Waals surface area (Å²) in [6.07, 6.45) is 6.42. The van der Waals surface area contributed by atoms with Crippen molar-refractivity contribution < 1.29 is 4.79 Å². The van der Waals surface area contributed by atoms with Gasteiger partial charge in [-0.25, -0.2) is 0 Å². The van der Waals surface area contributed by atoms with Gasteiger partial charge in [0.25, 0.3) is 0 Å². The Morgan fingerprint density at radius 1 is 1.36 bits per heavy atom. The molecule has 0 aromatic rings. The molecule has 0 bridgehead atoms. The van der Waals surface area contributed by atoms with Crippen LogP contribution in [0.4, 0.5) is 0 Å². The second-order valence-corrected chi connectivity index (χ2v) is 3.06. The Bertz CT molecular complexity index is 88.2. The van der Waals surface area contributed by atoms with Crippen LogP contribution in [-0.4, -0.2) is 63.0 Å². The minimum absolute atomic E-state index is 0. The van der Waals surface area contributed by atoms with Crippen LogP contribution in [0.15, 0.2) is 0 Å². The number of carbonyl (C=O) groups excluding carboxylic acids is 1. The summed E-state index contributed by atoms with van der Waals surface area (Å²) < 4.78 is 0. The van der Waals surface area contributed by atoms with Crippen molar-refractivity contribution in [2.45, 2.75) is 44.4 Å². The second kappa shape index (κ2) is 11.6. The van der Waals surface area contributed by atoms with Crippen LogP contribution in [0.3, 0.4) is 0 Å². The van der Waals surface area contributed by atoms with E-state index >= 15 is 0 Å². The van der Waals surface area contributed by atoms with E-state index in [1.807, 2.05) is 0 Å². The molecule has 0 fully saturated rings. The summed E-state index contributed by atoms with van der Waals surface area (Å²) in [7, 11) is 0. The fourth-order valence-electron chi connectivity index (χ4n) is 0.834. The van der Waals surface area contributed by atoms with Gasteiger partial charge < -0.3 is 4.79 Å². The molecule has 0 aliphatic carbocycles. The monoisotopic (exact) mass is 202 g/mol. The summed E-state index contributed by atoms with van der Waals surface area (Å²) in [5, 5.41) is -0.253. The van der Waals surface area contributed by atoms with Crippen molar-refractivity contribution in [1.82, 2.24) is 0 Å². The fourth-order valence-corrected chi connectivity index (χ4v) is 0.988. The topological polar surface area (TPSA) is 17.1 Å². The van der Waals surface area contributed by atoms with Crippen molar-refractivity contribution in [3.05, 3.63) is 0 Å². The molecule has 0 saturated heterocycles. The zero-order chi connectivity index (χ0) is 7.82. The fraction of sp³-hybridized carbons (Fsp3) is 0.875. The van der Waals surface area contributed by atoms with Crippen molar-refractivity contribution >= 4 is 69.3 Å². The molecule has 0 aromatic heterocycles. The molecule has 3 heteroatoms. The Morgan fingerprint density at radius 2 is 2.00 bits per heavy atom. The van der Waals surface area contributed by atoms with E-state index in [0.717, 1.165) is 19.1 Å². The van der Waals surface area contributed by atoms with E-state index in [9.17, 15) is 4.79 Å². The van der Waals surface area contributed by atoms with Crippen molar-refractivity contribution in [2.75, 3.05) is 0 Å². The van der Waals surface area contributed by atoms with Gasteiger partial charge in [-0.15, -0.1) is 11.6 Å². The van der Waals surface area contributed by atoms with E-state index in [-0.39, 0.29) is 56.8 Å². The number of alkyl halides is 1. The van der Waals surface area contributed by atoms with E-state index < -0.39 is 0 Å². The zero-order valence-electron chi connectivity index (χ0n) is 6.48. The molecule has 0 spiro atoms. The molecule has 1 unspecified atom stereocenters. The molecule has 1 nitrogen and oxygen atoms in total. The maximum absolute atomic E-state index is 10.0. The molecular weight excluding hydrogens is 187 g/mol. The average Bonchev–Trinajstić information content (AvgIpc) is 1.98. The number of hydrogen-bond donors (Lipinski definition) is 0. The summed E-state index contributed by atoms with van der Waals surface area (Å²) in [4.78, 5) is 10.0. The van der Waals surface area contributed by atoms with Gasteiger partial charge in [-0.2, -0.15) is 0 Å². The molecule has 0 saturated carbocycles. The average molecular weight is 203 g/mol. The standard InChI is InChI=1S/C8H15ClO.K.H/c1-2-3-4-5-6-8(9)7-10;;/h7-8H,2-6H2,1H3;;. The van der Waals surface area contributed by atoms with Gasteiger partial charge in [0.1, 0.15) is 6.29 Å². The van der Waals surface area contributed by atoms with E-state index in [1.54, 1.807) is 0 Å². The first-order valence-corrected chi connectivity index (χ1v) is 4.34. The van der Waals surface area contributed by atoms with Gasteiger partial charge in [0.05, 0.1) is 5.38 Å². The van der Waals surface area contributed by atoms with Crippen LogP contribution in [0.25, 0.3) is 0 Å². The van der Waals surface area contributed by atoms with Gasteiger partial charge in [0.2, 0.25) is 0 Å². The molecule has 0 aromatic carbocycles. The Balaban J connectivity index is 0. The van der Waals surface area contributed by atoms with Crippen LogP contribution < -0.4 is 0 Å². The second-order valence-electron chi connectivity index (χ2n) is 2.50. The first-order valence-electron chi connectivity index (χ1n) is 3.90. The molecular formula is C8H16ClKO. The van der Waals surface area contributed by atoms with Crippen molar-refractivity contribution in [2.24, 2.45) is 0 Å². The van der Waals surface area contributed by atoms with Crippen LogP contribution in [0.2, 0.25) is 0 Å². The number of carbonyl (C=O) groups is 1. The van der Waals surface area contributed by atoms with Gasteiger partial charge in [-0.1, -0.05) is 32.6 Å². The third-order valence-corrected chi connectivity index (χ3v) is 1.80. The summed E-state index contributed by atoms with van der Waals surface area (Å²) in [5.41, 5.74) is 0. The Kier molecular flexibility index (Phi) is 15.9.